The van der Waals surface area contributed by atoms with E-state index in [4.69, 9.17) is 0 Å². The number of anilines is 1. The molecule has 4 heteroatoms. The molecule has 0 unspecified atom stereocenters. The summed E-state index contributed by atoms with van der Waals surface area (Å²) in [4.78, 5) is 12.5. The molecule has 0 aromatic heterocycles. The van der Waals surface area contributed by atoms with E-state index in [9.17, 15) is 4.79 Å². The third-order valence-corrected chi connectivity index (χ3v) is 4.02. The Morgan fingerprint density at radius 2 is 1.31 bits per heavy atom. The van der Waals surface area contributed by atoms with Gasteiger partial charge < -0.3 is 5.32 Å². The second-order valence-electron chi connectivity index (χ2n) is 6.38. The molecule has 0 atom stereocenters. The van der Waals surface area contributed by atoms with Crippen molar-refractivity contribution in [3.05, 3.63) is 89.0 Å². The number of benzene rings is 3. The summed E-state index contributed by atoms with van der Waals surface area (Å²) < 4.78 is 0. The Labute approximate surface area is 153 Å². The van der Waals surface area contributed by atoms with Crippen molar-refractivity contribution < 1.29 is 4.79 Å². The van der Waals surface area contributed by atoms with Crippen LogP contribution in [0.2, 0.25) is 0 Å². The van der Waals surface area contributed by atoms with Gasteiger partial charge in [0.15, 0.2) is 0 Å². The smallest absolute Gasteiger partial charge is 0.255 e. The van der Waals surface area contributed by atoms with Gasteiger partial charge in [-0.1, -0.05) is 41.5 Å². The number of amides is 1. The highest BCUT2D eigenvalue weighted by atomic mass is 16.1. The summed E-state index contributed by atoms with van der Waals surface area (Å²) in [5, 5.41) is 11.5. The van der Waals surface area contributed by atoms with Crippen molar-refractivity contribution in [3.63, 3.8) is 0 Å². The number of carbonyl (C=O) groups is 1. The summed E-state index contributed by atoms with van der Waals surface area (Å²) in [7, 11) is 0. The summed E-state index contributed by atoms with van der Waals surface area (Å²) in [6.07, 6.45) is 0. The molecule has 0 radical (unpaired) electrons. The predicted octanol–water partition coefficient (Wildman–Crippen LogP) is 6.28. The number of hydrogen-bond acceptors (Lipinski definition) is 3. The highest BCUT2D eigenvalue weighted by Gasteiger charge is 2.09. The number of nitrogens with zero attached hydrogens (tertiary/aromatic N) is 2. The molecule has 0 aliphatic rings. The number of nitrogens with one attached hydrogen (secondary N) is 1. The Morgan fingerprint density at radius 1 is 0.731 bits per heavy atom. The van der Waals surface area contributed by atoms with Crippen LogP contribution in [0.15, 0.2) is 77.0 Å². The van der Waals surface area contributed by atoms with E-state index in [-0.39, 0.29) is 5.91 Å². The van der Waals surface area contributed by atoms with E-state index in [1.807, 2.05) is 87.5 Å². The molecule has 130 valence electrons. The number of hydrogen-bond donors (Lipinski definition) is 1. The van der Waals surface area contributed by atoms with Crippen molar-refractivity contribution in [1.29, 1.82) is 0 Å². The van der Waals surface area contributed by atoms with Crippen LogP contribution in [0.1, 0.15) is 27.0 Å². The third-order valence-electron chi connectivity index (χ3n) is 4.02. The van der Waals surface area contributed by atoms with Crippen LogP contribution in [-0.4, -0.2) is 5.91 Å². The van der Waals surface area contributed by atoms with E-state index >= 15 is 0 Å². The molecular weight excluding hydrogens is 322 g/mol. The van der Waals surface area contributed by atoms with Crippen LogP contribution in [0.25, 0.3) is 0 Å². The van der Waals surface area contributed by atoms with E-state index in [1.54, 1.807) is 0 Å². The maximum absolute atomic E-state index is 12.5. The van der Waals surface area contributed by atoms with E-state index in [1.165, 1.54) is 5.56 Å². The third kappa shape index (κ3) is 4.42. The maximum atomic E-state index is 12.5. The molecule has 3 rings (SSSR count). The van der Waals surface area contributed by atoms with Crippen molar-refractivity contribution in [2.45, 2.75) is 20.8 Å². The van der Waals surface area contributed by atoms with Crippen LogP contribution in [0.5, 0.6) is 0 Å². The quantitative estimate of drug-likeness (QED) is 0.557. The molecule has 3 aromatic rings. The van der Waals surface area contributed by atoms with Crippen LogP contribution >= 0.6 is 0 Å². The summed E-state index contributed by atoms with van der Waals surface area (Å²) in [6.45, 7) is 6.00. The van der Waals surface area contributed by atoms with Crippen LogP contribution in [-0.2, 0) is 0 Å². The zero-order valence-electron chi connectivity index (χ0n) is 15.2. The first-order chi connectivity index (χ1) is 12.5. The van der Waals surface area contributed by atoms with Crippen molar-refractivity contribution >= 4 is 23.0 Å². The normalized spacial score (nSPS) is 10.9. The average molecular weight is 343 g/mol. The zero-order valence-corrected chi connectivity index (χ0v) is 15.2. The van der Waals surface area contributed by atoms with Gasteiger partial charge in [-0.3, -0.25) is 4.79 Å². The van der Waals surface area contributed by atoms with E-state index < -0.39 is 0 Å². The Kier molecular flexibility index (Phi) is 5.23. The molecule has 0 aliphatic heterocycles. The second kappa shape index (κ2) is 7.74. The first-order valence-electron chi connectivity index (χ1n) is 8.48. The summed E-state index contributed by atoms with van der Waals surface area (Å²) >= 11 is 0. The van der Waals surface area contributed by atoms with Gasteiger partial charge in [-0.15, -0.1) is 5.11 Å². The Morgan fingerprint density at radius 3 is 1.96 bits per heavy atom. The fourth-order valence-electron chi connectivity index (χ4n) is 2.45. The van der Waals surface area contributed by atoms with Crippen molar-refractivity contribution in [3.8, 4) is 0 Å². The van der Waals surface area contributed by atoms with Gasteiger partial charge in [0, 0.05) is 5.56 Å². The molecule has 26 heavy (non-hydrogen) atoms. The van der Waals surface area contributed by atoms with Crippen LogP contribution in [0, 0.1) is 20.8 Å². The molecule has 0 saturated heterocycles. The molecule has 4 nitrogen and oxygen atoms in total. The molecule has 0 bridgehead atoms. The minimum atomic E-state index is -0.166. The molecule has 1 N–H and O–H groups in total. The first-order valence-corrected chi connectivity index (χ1v) is 8.48. The lowest BCUT2D eigenvalue weighted by molar-refractivity contribution is 0.102. The Hall–Kier alpha value is -3.27. The van der Waals surface area contributed by atoms with Gasteiger partial charge in [0.1, 0.15) is 5.69 Å². The standard InChI is InChI=1S/C22H21N3O/c1-15-4-9-18(10-5-15)22(26)23-20-13-8-17(3)14-21(20)25-24-19-11-6-16(2)7-12-19/h4-14H,1-3H3,(H,23,26). The predicted molar refractivity (Wildman–Crippen MR) is 106 cm³/mol. The van der Waals surface area contributed by atoms with Gasteiger partial charge in [-0.05, 0) is 62.7 Å². The van der Waals surface area contributed by atoms with Gasteiger partial charge in [0.25, 0.3) is 5.91 Å². The topological polar surface area (TPSA) is 53.8 Å². The van der Waals surface area contributed by atoms with Crippen molar-refractivity contribution in [1.82, 2.24) is 0 Å². The molecule has 0 heterocycles. The fraction of sp³-hybridized carbons (Fsp3) is 0.136. The number of carbonyl (C=O) groups excluding carboxylic acids is 1. The van der Waals surface area contributed by atoms with Crippen molar-refractivity contribution in [2.24, 2.45) is 10.2 Å². The Balaban J connectivity index is 1.84. The molecule has 0 fully saturated rings. The zero-order chi connectivity index (χ0) is 18.5. The second-order valence-corrected chi connectivity index (χ2v) is 6.38. The minimum Gasteiger partial charge on any atom is -0.320 e. The van der Waals surface area contributed by atoms with Gasteiger partial charge in [-0.25, -0.2) is 0 Å². The van der Waals surface area contributed by atoms with Gasteiger partial charge >= 0.3 is 0 Å². The number of rotatable bonds is 4. The van der Waals surface area contributed by atoms with E-state index in [0.717, 1.165) is 16.8 Å². The van der Waals surface area contributed by atoms with Crippen LogP contribution in [0.3, 0.4) is 0 Å². The number of azo groups is 1. The monoisotopic (exact) mass is 343 g/mol. The first kappa shape index (κ1) is 17.5. The van der Waals surface area contributed by atoms with Crippen LogP contribution in [0.4, 0.5) is 17.1 Å². The largest absolute Gasteiger partial charge is 0.320 e. The highest BCUT2D eigenvalue weighted by Crippen LogP contribution is 2.28. The highest BCUT2D eigenvalue weighted by molar-refractivity contribution is 6.05. The SMILES string of the molecule is Cc1ccc(N=Nc2cc(C)ccc2NC(=O)c2ccc(C)cc2)cc1. The molecular formula is C22H21N3O. The van der Waals surface area contributed by atoms with E-state index in [2.05, 4.69) is 15.5 Å². The molecule has 1 amide bonds. The minimum absolute atomic E-state index is 0.166. The lowest BCUT2D eigenvalue weighted by Crippen LogP contribution is -2.11. The number of aryl methyl sites for hydroxylation is 3. The van der Waals surface area contributed by atoms with Crippen LogP contribution < -0.4 is 5.32 Å². The van der Waals surface area contributed by atoms with Gasteiger partial charge in [0.05, 0.1) is 11.4 Å². The lowest BCUT2D eigenvalue weighted by Gasteiger charge is -2.09. The van der Waals surface area contributed by atoms with Gasteiger partial charge in [-0.2, -0.15) is 5.11 Å². The fourth-order valence-corrected chi connectivity index (χ4v) is 2.45. The van der Waals surface area contributed by atoms with E-state index in [0.29, 0.717) is 16.9 Å². The molecule has 0 saturated carbocycles. The summed E-state index contributed by atoms with van der Waals surface area (Å²) in [5.41, 5.74) is 5.99. The van der Waals surface area contributed by atoms with Gasteiger partial charge in [0.2, 0.25) is 0 Å². The van der Waals surface area contributed by atoms with Crippen molar-refractivity contribution in [2.75, 3.05) is 5.32 Å². The average Bonchev–Trinajstić information content (AvgIpc) is 2.63. The maximum Gasteiger partial charge on any atom is 0.255 e. The Bertz CT molecular complexity index is 942. The molecule has 3 aromatic carbocycles. The lowest BCUT2D eigenvalue weighted by atomic mass is 10.1. The summed E-state index contributed by atoms with van der Waals surface area (Å²) in [5.74, 6) is -0.166. The molecule has 0 spiro atoms. The summed E-state index contributed by atoms with van der Waals surface area (Å²) in [6, 6.07) is 21.0. The molecule has 0 aliphatic carbocycles.